The third kappa shape index (κ3) is 3.22. The van der Waals surface area contributed by atoms with Crippen molar-refractivity contribution in [3.8, 4) is 0 Å². The van der Waals surface area contributed by atoms with Gasteiger partial charge in [0.1, 0.15) is 0 Å². The maximum atomic E-state index is 12.4. The quantitative estimate of drug-likeness (QED) is 0.832. The molecule has 0 amide bonds. The number of aromatic amines is 1. The van der Waals surface area contributed by atoms with E-state index in [4.69, 9.17) is 0 Å². The van der Waals surface area contributed by atoms with Crippen LogP contribution in [-0.2, 0) is 10.0 Å². The number of para-hydroxylation sites is 1. The summed E-state index contributed by atoms with van der Waals surface area (Å²) in [6.45, 7) is 3.83. The van der Waals surface area contributed by atoms with Crippen molar-refractivity contribution >= 4 is 26.6 Å². The van der Waals surface area contributed by atoms with Crippen LogP contribution >= 0.6 is 0 Å². The first-order valence-electron chi connectivity index (χ1n) is 6.65. The summed E-state index contributed by atoms with van der Waals surface area (Å²) in [6, 6.07) is 7.52. The fraction of sp³-hybridized carbons (Fsp3) is 0.267. The number of hydrogen-bond donors (Lipinski definition) is 2. The first-order chi connectivity index (χ1) is 9.99. The summed E-state index contributed by atoms with van der Waals surface area (Å²) in [5.74, 6) is 0. The number of aliphatic imine (C=N–C) groups is 1. The number of H-pyrrole nitrogens is 1. The summed E-state index contributed by atoms with van der Waals surface area (Å²) in [6.07, 6.45) is 3.60. The summed E-state index contributed by atoms with van der Waals surface area (Å²) in [5.41, 5.74) is 2.21. The molecule has 0 saturated carbocycles. The Bertz CT molecular complexity index is 801. The van der Waals surface area contributed by atoms with E-state index in [0.29, 0.717) is 5.71 Å². The van der Waals surface area contributed by atoms with Gasteiger partial charge in [-0.1, -0.05) is 24.3 Å². The first-order valence-corrected chi connectivity index (χ1v) is 8.13. The molecule has 0 aliphatic carbocycles. The number of rotatable bonds is 5. The van der Waals surface area contributed by atoms with Crippen LogP contribution in [0.25, 0.3) is 10.9 Å². The summed E-state index contributed by atoms with van der Waals surface area (Å²) >= 11 is 0. The van der Waals surface area contributed by atoms with Gasteiger partial charge in [-0.3, -0.25) is 4.99 Å². The van der Waals surface area contributed by atoms with E-state index in [1.807, 2.05) is 37.3 Å². The number of benzene rings is 1. The number of hydrogen-bond acceptors (Lipinski definition) is 3. The van der Waals surface area contributed by atoms with E-state index in [0.717, 1.165) is 16.5 Å². The third-order valence-electron chi connectivity index (χ3n) is 3.28. The molecule has 5 nitrogen and oxygen atoms in total. The molecular weight excluding hydrogens is 286 g/mol. The highest BCUT2D eigenvalue weighted by atomic mass is 32.2. The van der Waals surface area contributed by atoms with Crippen LogP contribution in [0, 0.1) is 6.92 Å². The smallest absolute Gasteiger partial charge is 0.256 e. The highest BCUT2D eigenvalue weighted by Gasteiger charge is 2.20. The third-order valence-corrected chi connectivity index (χ3v) is 4.75. The van der Waals surface area contributed by atoms with Gasteiger partial charge in [0.25, 0.3) is 10.0 Å². The van der Waals surface area contributed by atoms with Gasteiger partial charge in [0.05, 0.1) is 6.54 Å². The number of nitrogens with zero attached hydrogens (tertiary/aromatic N) is 1. The molecule has 112 valence electrons. The molecular formula is C15H19N3O2S. The first kappa shape index (κ1) is 15.5. The van der Waals surface area contributed by atoms with E-state index in [9.17, 15) is 8.42 Å². The van der Waals surface area contributed by atoms with Gasteiger partial charge in [0, 0.05) is 23.7 Å². The van der Waals surface area contributed by atoms with Gasteiger partial charge in [-0.25, -0.2) is 13.1 Å². The summed E-state index contributed by atoms with van der Waals surface area (Å²) < 4.78 is 27.4. The molecule has 2 aromatic rings. The molecule has 2 rings (SSSR count). The lowest BCUT2D eigenvalue weighted by atomic mass is 10.2. The van der Waals surface area contributed by atoms with E-state index in [1.54, 1.807) is 20.0 Å². The highest BCUT2D eigenvalue weighted by Crippen LogP contribution is 2.24. The Balaban J connectivity index is 2.32. The monoisotopic (exact) mass is 305 g/mol. The van der Waals surface area contributed by atoms with Crippen LogP contribution in [0.1, 0.15) is 12.5 Å². The molecule has 0 radical (unpaired) electrons. The average molecular weight is 305 g/mol. The van der Waals surface area contributed by atoms with Crippen molar-refractivity contribution in [2.45, 2.75) is 18.9 Å². The van der Waals surface area contributed by atoms with Crippen molar-refractivity contribution < 1.29 is 8.42 Å². The van der Waals surface area contributed by atoms with Gasteiger partial charge in [-0.2, -0.15) is 0 Å². The highest BCUT2D eigenvalue weighted by molar-refractivity contribution is 7.89. The summed E-state index contributed by atoms with van der Waals surface area (Å²) in [7, 11) is -1.96. The molecule has 1 aromatic carbocycles. The van der Waals surface area contributed by atoms with Crippen LogP contribution in [0.15, 0.2) is 46.4 Å². The Morgan fingerprint density at radius 1 is 1.38 bits per heavy atom. The Kier molecular flexibility index (Phi) is 4.59. The second-order valence-corrected chi connectivity index (χ2v) is 6.37. The number of nitrogens with one attached hydrogen (secondary N) is 2. The molecule has 1 aromatic heterocycles. The van der Waals surface area contributed by atoms with E-state index in [-0.39, 0.29) is 11.6 Å². The lowest BCUT2D eigenvalue weighted by molar-refractivity contribution is 0.583. The topological polar surface area (TPSA) is 74.3 Å². The second-order valence-electron chi connectivity index (χ2n) is 4.66. The largest absolute Gasteiger partial charge is 0.344 e. The number of sulfonamides is 1. The average Bonchev–Trinajstić information content (AvgIpc) is 2.82. The van der Waals surface area contributed by atoms with E-state index in [2.05, 4.69) is 14.7 Å². The Labute approximate surface area is 124 Å². The minimum absolute atomic E-state index is 0.165. The Hall–Kier alpha value is -1.92. The number of fused-ring (bicyclic) bond motifs is 1. The maximum Gasteiger partial charge on any atom is 0.256 e. The molecule has 1 heterocycles. The van der Waals surface area contributed by atoms with Crippen LogP contribution in [-0.4, -0.2) is 32.7 Å². The summed E-state index contributed by atoms with van der Waals surface area (Å²) in [4.78, 5) is 7.00. The fourth-order valence-electron chi connectivity index (χ4n) is 2.17. The Morgan fingerprint density at radius 3 is 2.71 bits per heavy atom. The van der Waals surface area contributed by atoms with Gasteiger partial charge in [0.2, 0.25) is 0 Å². The minimum atomic E-state index is -3.60. The van der Waals surface area contributed by atoms with E-state index in [1.165, 1.54) is 0 Å². The fourth-order valence-corrected chi connectivity index (χ4v) is 3.41. The molecule has 6 heteroatoms. The van der Waals surface area contributed by atoms with Crippen molar-refractivity contribution in [2.24, 2.45) is 4.99 Å². The molecule has 0 unspecified atom stereocenters. The SMILES string of the molecule is CC=CC(CNS(=O)(=O)c1[nH]c2ccccc2c1C)=NC. The van der Waals surface area contributed by atoms with Gasteiger partial charge >= 0.3 is 0 Å². The van der Waals surface area contributed by atoms with Crippen LogP contribution < -0.4 is 4.72 Å². The van der Waals surface area contributed by atoms with Crippen molar-refractivity contribution in [2.75, 3.05) is 13.6 Å². The van der Waals surface area contributed by atoms with Crippen molar-refractivity contribution in [1.29, 1.82) is 0 Å². The maximum absolute atomic E-state index is 12.4. The van der Waals surface area contributed by atoms with Gasteiger partial charge < -0.3 is 4.98 Å². The van der Waals surface area contributed by atoms with Gasteiger partial charge in [-0.15, -0.1) is 0 Å². The predicted octanol–water partition coefficient (Wildman–Crippen LogP) is 2.40. The van der Waals surface area contributed by atoms with Gasteiger partial charge in [-0.05, 0) is 31.6 Å². The lowest BCUT2D eigenvalue weighted by Crippen LogP contribution is -2.29. The predicted molar refractivity (Wildman–Crippen MR) is 86.4 cm³/mol. The zero-order chi connectivity index (χ0) is 15.5. The zero-order valence-electron chi connectivity index (χ0n) is 12.3. The van der Waals surface area contributed by atoms with Crippen molar-refractivity contribution in [1.82, 2.24) is 9.71 Å². The molecule has 0 saturated heterocycles. The molecule has 0 fully saturated rings. The Morgan fingerprint density at radius 2 is 2.10 bits per heavy atom. The molecule has 0 aliphatic heterocycles. The van der Waals surface area contributed by atoms with Crippen molar-refractivity contribution in [3.05, 3.63) is 42.0 Å². The lowest BCUT2D eigenvalue weighted by Gasteiger charge is -2.06. The van der Waals surface area contributed by atoms with Crippen LogP contribution in [0.5, 0.6) is 0 Å². The normalized spacial score (nSPS) is 13.4. The minimum Gasteiger partial charge on any atom is -0.344 e. The molecule has 0 spiro atoms. The molecule has 2 N–H and O–H groups in total. The van der Waals surface area contributed by atoms with Gasteiger partial charge in [0.15, 0.2) is 5.03 Å². The molecule has 0 bridgehead atoms. The molecule has 0 atom stereocenters. The second kappa shape index (κ2) is 6.24. The standard InChI is InChI=1S/C15H19N3O2S/c1-4-7-12(16-3)10-17-21(19,20)15-11(2)13-8-5-6-9-14(13)18-15/h4-9,17-18H,10H2,1-3H3. The summed E-state index contributed by atoms with van der Waals surface area (Å²) in [5, 5.41) is 1.12. The van der Waals surface area contributed by atoms with Crippen LogP contribution in [0.3, 0.4) is 0 Å². The zero-order valence-corrected chi connectivity index (χ0v) is 13.2. The van der Waals surface area contributed by atoms with E-state index < -0.39 is 10.0 Å². The number of allylic oxidation sites excluding steroid dienone is 1. The van der Waals surface area contributed by atoms with Crippen LogP contribution in [0.2, 0.25) is 0 Å². The van der Waals surface area contributed by atoms with Crippen molar-refractivity contribution in [3.63, 3.8) is 0 Å². The van der Waals surface area contributed by atoms with E-state index >= 15 is 0 Å². The molecule has 21 heavy (non-hydrogen) atoms. The van der Waals surface area contributed by atoms with Crippen LogP contribution in [0.4, 0.5) is 0 Å². The molecule has 0 aliphatic rings. The number of aromatic nitrogens is 1. The number of aryl methyl sites for hydroxylation is 1.